The van der Waals surface area contributed by atoms with E-state index >= 15 is 0 Å². The van der Waals surface area contributed by atoms with Gasteiger partial charge in [-0.3, -0.25) is 0 Å². The lowest BCUT2D eigenvalue weighted by Crippen LogP contribution is -2.08. The van der Waals surface area contributed by atoms with Gasteiger partial charge in [0, 0.05) is 5.69 Å². The van der Waals surface area contributed by atoms with E-state index in [2.05, 4.69) is 15.3 Å². The van der Waals surface area contributed by atoms with Crippen molar-refractivity contribution in [2.45, 2.75) is 26.7 Å². The molecule has 1 N–H and O–H groups in total. The Balaban J connectivity index is 2.41. The standard InChI is InChI=1S/C12H14N4O2/c1-3-8-7-9(4-2)16(15-8)11-6-5-10(12(17)18)13-14-11/h5-7H,3-4H2,1-2H3,(H,17,18). The molecule has 6 heteroatoms. The minimum atomic E-state index is -1.08. The number of nitrogens with zero attached hydrogens (tertiary/aromatic N) is 4. The molecule has 2 heterocycles. The second kappa shape index (κ2) is 4.95. The Hall–Kier alpha value is -2.24. The zero-order valence-electron chi connectivity index (χ0n) is 10.3. The topological polar surface area (TPSA) is 80.9 Å². The molecule has 0 amide bonds. The van der Waals surface area contributed by atoms with Gasteiger partial charge in [-0.2, -0.15) is 5.10 Å². The minimum absolute atomic E-state index is 0.0698. The maximum Gasteiger partial charge on any atom is 0.356 e. The highest BCUT2D eigenvalue weighted by Gasteiger charge is 2.10. The molecular formula is C12H14N4O2. The first-order valence-corrected chi connectivity index (χ1v) is 5.81. The minimum Gasteiger partial charge on any atom is -0.476 e. The molecule has 0 aliphatic rings. The van der Waals surface area contributed by atoms with Crippen LogP contribution in [-0.4, -0.2) is 31.1 Å². The predicted octanol–water partition coefficient (Wildman–Crippen LogP) is 1.49. The van der Waals surface area contributed by atoms with Crippen LogP contribution in [0.25, 0.3) is 5.82 Å². The summed E-state index contributed by atoms with van der Waals surface area (Å²) in [6.07, 6.45) is 1.68. The fourth-order valence-electron chi connectivity index (χ4n) is 1.65. The van der Waals surface area contributed by atoms with Gasteiger partial charge in [-0.05, 0) is 31.0 Å². The first-order chi connectivity index (χ1) is 8.65. The first kappa shape index (κ1) is 12.2. The molecule has 0 spiro atoms. The van der Waals surface area contributed by atoms with Crippen molar-refractivity contribution in [1.82, 2.24) is 20.0 Å². The quantitative estimate of drug-likeness (QED) is 0.883. The maximum absolute atomic E-state index is 10.7. The summed E-state index contributed by atoms with van der Waals surface area (Å²) in [5.74, 6) is -0.545. The molecule has 0 bridgehead atoms. The summed E-state index contributed by atoms with van der Waals surface area (Å²) in [6, 6.07) is 5.06. The summed E-state index contributed by atoms with van der Waals surface area (Å²) in [5, 5.41) is 20.7. The number of carboxylic acids is 1. The van der Waals surface area contributed by atoms with Gasteiger partial charge in [0.15, 0.2) is 11.5 Å². The van der Waals surface area contributed by atoms with Crippen molar-refractivity contribution in [2.24, 2.45) is 0 Å². The van der Waals surface area contributed by atoms with Crippen LogP contribution in [-0.2, 0) is 12.8 Å². The Labute approximate surface area is 104 Å². The smallest absolute Gasteiger partial charge is 0.356 e. The van der Waals surface area contributed by atoms with E-state index in [0.29, 0.717) is 5.82 Å². The van der Waals surface area contributed by atoms with Crippen molar-refractivity contribution in [2.75, 3.05) is 0 Å². The number of aryl methyl sites for hydroxylation is 2. The molecule has 0 atom stereocenters. The molecule has 0 saturated carbocycles. The Morgan fingerprint density at radius 3 is 2.56 bits per heavy atom. The second-order valence-electron chi connectivity index (χ2n) is 3.83. The highest BCUT2D eigenvalue weighted by atomic mass is 16.4. The molecule has 0 aromatic carbocycles. The molecule has 94 valence electrons. The molecule has 0 aliphatic carbocycles. The largest absolute Gasteiger partial charge is 0.476 e. The molecule has 2 aromatic heterocycles. The Kier molecular flexibility index (Phi) is 3.36. The van der Waals surface area contributed by atoms with E-state index in [0.717, 1.165) is 24.2 Å². The van der Waals surface area contributed by atoms with Gasteiger partial charge in [-0.1, -0.05) is 13.8 Å². The Morgan fingerprint density at radius 2 is 2.06 bits per heavy atom. The lowest BCUT2D eigenvalue weighted by Gasteiger charge is -2.03. The van der Waals surface area contributed by atoms with Crippen LogP contribution >= 0.6 is 0 Å². The Morgan fingerprint density at radius 1 is 1.28 bits per heavy atom. The summed E-state index contributed by atoms with van der Waals surface area (Å²) in [5.41, 5.74) is 1.94. The van der Waals surface area contributed by atoms with Gasteiger partial charge >= 0.3 is 5.97 Å². The lowest BCUT2D eigenvalue weighted by atomic mass is 10.2. The van der Waals surface area contributed by atoms with Crippen LogP contribution in [0.4, 0.5) is 0 Å². The SMILES string of the molecule is CCc1cc(CC)n(-c2ccc(C(=O)O)nn2)n1. The summed E-state index contributed by atoms with van der Waals surface area (Å²) < 4.78 is 1.71. The zero-order chi connectivity index (χ0) is 13.1. The summed E-state index contributed by atoms with van der Waals surface area (Å²) >= 11 is 0. The number of hydrogen-bond donors (Lipinski definition) is 1. The summed E-state index contributed by atoms with van der Waals surface area (Å²) in [7, 11) is 0. The average molecular weight is 246 g/mol. The van der Waals surface area contributed by atoms with Crippen LogP contribution in [0.5, 0.6) is 0 Å². The average Bonchev–Trinajstić information content (AvgIpc) is 2.82. The van der Waals surface area contributed by atoms with Crippen molar-refractivity contribution in [3.05, 3.63) is 35.3 Å². The van der Waals surface area contributed by atoms with Crippen LogP contribution in [0.1, 0.15) is 35.7 Å². The van der Waals surface area contributed by atoms with Crippen LogP contribution in [0.3, 0.4) is 0 Å². The third-order valence-corrected chi connectivity index (χ3v) is 2.64. The molecule has 2 aromatic rings. The summed E-state index contributed by atoms with van der Waals surface area (Å²) in [6.45, 7) is 4.07. The van der Waals surface area contributed by atoms with Crippen molar-refractivity contribution in [3.8, 4) is 5.82 Å². The molecule has 6 nitrogen and oxygen atoms in total. The fourth-order valence-corrected chi connectivity index (χ4v) is 1.65. The number of hydrogen-bond acceptors (Lipinski definition) is 4. The van der Waals surface area contributed by atoms with E-state index in [1.165, 1.54) is 6.07 Å². The number of aromatic nitrogens is 4. The van der Waals surface area contributed by atoms with Gasteiger partial charge < -0.3 is 5.11 Å². The van der Waals surface area contributed by atoms with E-state index in [-0.39, 0.29) is 5.69 Å². The van der Waals surface area contributed by atoms with Crippen molar-refractivity contribution in [1.29, 1.82) is 0 Å². The van der Waals surface area contributed by atoms with Crippen molar-refractivity contribution < 1.29 is 9.90 Å². The molecular weight excluding hydrogens is 232 g/mol. The van der Waals surface area contributed by atoms with E-state index < -0.39 is 5.97 Å². The van der Waals surface area contributed by atoms with E-state index in [1.54, 1.807) is 10.7 Å². The van der Waals surface area contributed by atoms with Gasteiger partial charge in [-0.15, -0.1) is 10.2 Å². The van der Waals surface area contributed by atoms with Gasteiger partial charge in [-0.25, -0.2) is 9.48 Å². The van der Waals surface area contributed by atoms with E-state index in [1.807, 2.05) is 19.9 Å². The monoisotopic (exact) mass is 246 g/mol. The zero-order valence-corrected chi connectivity index (χ0v) is 10.3. The number of carboxylic acid groups (broad SMARTS) is 1. The second-order valence-corrected chi connectivity index (χ2v) is 3.83. The van der Waals surface area contributed by atoms with Crippen LogP contribution in [0.15, 0.2) is 18.2 Å². The highest BCUT2D eigenvalue weighted by Crippen LogP contribution is 2.11. The Bertz CT molecular complexity index is 560. The van der Waals surface area contributed by atoms with Crippen LogP contribution < -0.4 is 0 Å². The maximum atomic E-state index is 10.7. The van der Waals surface area contributed by atoms with Gasteiger partial charge in [0.1, 0.15) is 0 Å². The number of aromatic carboxylic acids is 1. The highest BCUT2D eigenvalue weighted by molar-refractivity contribution is 5.85. The van der Waals surface area contributed by atoms with E-state index in [9.17, 15) is 4.79 Å². The third-order valence-electron chi connectivity index (χ3n) is 2.64. The van der Waals surface area contributed by atoms with Gasteiger partial charge in [0.05, 0.1) is 5.69 Å². The van der Waals surface area contributed by atoms with Gasteiger partial charge in [0.25, 0.3) is 0 Å². The molecule has 2 rings (SSSR count). The molecule has 0 radical (unpaired) electrons. The first-order valence-electron chi connectivity index (χ1n) is 5.81. The van der Waals surface area contributed by atoms with E-state index in [4.69, 9.17) is 5.11 Å². The van der Waals surface area contributed by atoms with Crippen LogP contribution in [0.2, 0.25) is 0 Å². The molecule has 0 saturated heterocycles. The molecule has 0 fully saturated rings. The predicted molar refractivity (Wildman–Crippen MR) is 64.9 cm³/mol. The normalized spacial score (nSPS) is 10.6. The number of carbonyl (C=O) groups is 1. The lowest BCUT2D eigenvalue weighted by molar-refractivity contribution is 0.0689. The van der Waals surface area contributed by atoms with Crippen molar-refractivity contribution in [3.63, 3.8) is 0 Å². The third kappa shape index (κ3) is 2.22. The summed E-state index contributed by atoms with van der Waals surface area (Å²) in [4.78, 5) is 10.7. The number of rotatable bonds is 4. The molecule has 0 unspecified atom stereocenters. The van der Waals surface area contributed by atoms with Gasteiger partial charge in [0.2, 0.25) is 0 Å². The molecule has 18 heavy (non-hydrogen) atoms. The molecule has 0 aliphatic heterocycles. The van der Waals surface area contributed by atoms with Crippen LogP contribution in [0, 0.1) is 0 Å². The fraction of sp³-hybridized carbons (Fsp3) is 0.333. The van der Waals surface area contributed by atoms with Crippen molar-refractivity contribution >= 4 is 5.97 Å².